The zero-order valence-electron chi connectivity index (χ0n) is 15.9. The fourth-order valence-corrected chi connectivity index (χ4v) is 4.61. The first-order chi connectivity index (χ1) is 14.3. The van der Waals surface area contributed by atoms with E-state index >= 15 is 0 Å². The van der Waals surface area contributed by atoms with E-state index in [9.17, 15) is 22.7 Å². The van der Waals surface area contributed by atoms with Crippen molar-refractivity contribution in [1.29, 1.82) is 0 Å². The summed E-state index contributed by atoms with van der Waals surface area (Å²) in [5.74, 6) is 0.293. The highest BCUT2D eigenvalue weighted by molar-refractivity contribution is 7.89. The number of sulfonamides is 1. The Labute approximate surface area is 176 Å². The highest BCUT2D eigenvalue weighted by Gasteiger charge is 2.20. The van der Waals surface area contributed by atoms with Gasteiger partial charge in [0.1, 0.15) is 5.69 Å². The lowest BCUT2D eigenvalue weighted by atomic mass is 10.2. The number of nitrogens with zero attached hydrogens (tertiary/aromatic N) is 1. The molecule has 0 aliphatic rings. The average Bonchev–Trinajstić information content (AvgIpc) is 2.74. The van der Waals surface area contributed by atoms with E-state index in [0.717, 1.165) is 11.6 Å². The molecule has 0 fully saturated rings. The zero-order chi connectivity index (χ0) is 21.7. The second kappa shape index (κ2) is 9.16. The molecule has 0 bridgehead atoms. The predicted octanol–water partition coefficient (Wildman–Crippen LogP) is 3.55. The van der Waals surface area contributed by atoms with Crippen molar-refractivity contribution in [2.24, 2.45) is 0 Å². The molecule has 0 amide bonds. The van der Waals surface area contributed by atoms with Gasteiger partial charge in [0.05, 0.1) is 26.4 Å². The summed E-state index contributed by atoms with van der Waals surface area (Å²) in [6, 6.07) is 19.8. The molecule has 3 rings (SSSR count). The van der Waals surface area contributed by atoms with Gasteiger partial charge in [-0.05, 0) is 49.0 Å². The Morgan fingerprint density at radius 1 is 1.00 bits per heavy atom. The van der Waals surface area contributed by atoms with Crippen LogP contribution in [0.1, 0.15) is 5.56 Å². The van der Waals surface area contributed by atoms with Crippen LogP contribution in [-0.4, -0.2) is 24.6 Å². The highest BCUT2D eigenvalue weighted by atomic mass is 32.2. The highest BCUT2D eigenvalue weighted by Crippen LogP contribution is 2.30. The van der Waals surface area contributed by atoms with Crippen molar-refractivity contribution < 1.29 is 17.6 Å². The number of hydrogen-bond acceptors (Lipinski definition) is 6. The van der Waals surface area contributed by atoms with Crippen molar-refractivity contribution in [2.75, 3.05) is 12.4 Å². The maximum atomic E-state index is 12.5. The Hall–Kier alpha value is -3.08. The molecule has 0 saturated carbocycles. The number of nitro groups is 1. The minimum atomic E-state index is -3.81. The molecule has 8 nitrogen and oxygen atoms in total. The fraction of sp³-hybridized carbons (Fsp3) is 0.100. The van der Waals surface area contributed by atoms with E-state index in [2.05, 4.69) is 10.0 Å². The first-order valence-corrected chi connectivity index (χ1v) is 11.6. The normalized spacial score (nSPS) is 12.3. The van der Waals surface area contributed by atoms with E-state index in [0.29, 0.717) is 16.3 Å². The number of hydrogen-bond donors (Lipinski definition) is 2. The maximum Gasteiger partial charge on any atom is 0.294 e. The van der Waals surface area contributed by atoms with Crippen LogP contribution in [0, 0.1) is 10.1 Å². The molecule has 2 N–H and O–H groups in total. The molecule has 0 heterocycles. The summed E-state index contributed by atoms with van der Waals surface area (Å²) >= 11 is 0. The molecule has 0 aromatic heterocycles. The van der Waals surface area contributed by atoms with Crippen molar-refractivity contribution in [3.8, 4) is 0 Å². The predicted molar refractivity (Wildman–Crippen MR) is 116 cm³/mol. The molecule has 0 aliphatic carbocycles. The lowest BCUT2D eigenvalue weighted by molar-refractivity contribution is -0.384. The van der Waals surface area contributed by atoms with Gasteiger partial charge in [0.2, 0.25) is 10.0 Å². The van der Waals surface area contributed by atoms with E-state index in [4.69, 9.17) is 0 Å². The lowest BCUT2D eigenvalue weighted by Gasteiger charge is -2.10. The first kappa shape index (κ1) is 21.6. The summed E-state index contributed by atoms with van der Waals surface area (Å²) < 4.78 is 38.5. The van der Waals surface area contributed by atoms with Crippen LogP contribution in [0.3, 0.4) is 0 Å². The molecule has 30 heavy (non-hydrogen) atoms. The van der Waals surface area contributed by atoms with Crippen LogP contribution in [0.15, 0.2) is 82.6 Å². The zero-order valence-corrected chi connectivity index (χ0v) is 17.6. The molecule has 1 unspecified atom stereocenters. The Morgan fingerprint density at radius 2 is 1.73 bits per heavy atom. The number of nitrogens with one attached hydrogen (secondary N) is 2. The second-order valence-electron chi connectivity index (χ2n) is 6.27. The molecule has 0 saturated heterocycles. The smallest absolute Gasteiger partial charge is 0.294 e. The van der Waals surface area contributed by atoms with Crippen molar-refractivity contribution in [3.63, 3.8) is 0 Å². The standard InChI is InChI=1S/C20H19N3O5S2/c1-21-30(27,28)18-10-11-19(20(13-18)23(24)25)22-16-7-5-6-15(12-16)14-29(26)17-8-3-2-4-9-17/h2-13,21-22H,14H2,1H3. The van der Waals surface area contributed by atoms with Crippen molar-refractivity contribution >= 4 is 37.9 Å². The minimum absolute atomic E-state index is 0.149. The molecule has 156 valence electrons. The van der Waals surface area contributed by atoms with Gasteiger partial charge in [-0.25, -0.2) is 13.1 Å². The van der Waals surface area contributed by atoms with Gasteiger partial charge in [-0.1, -0.05) is 30.3 Å². The van der Waals surface area contributed by atoms with Gasteiger partial charge in [-0.3, -0.25) is 14.3 Å². The quantitative estimate of drug-likeness (QED) is 0.404. The largest absolute Gasteiger partial charge is 0.350 e. The number of nitro benzene ring substituents is 1. The lowest BCUT2D eigenvalue weighted by Crippen LogP contribution is -2.18. The third-order valence-electron chi connectivity index (χ3n) is 4.25. The first-order valence-electron chi connectivity index (χ1n) is 8.81. The van der Waals surface area contributed by atoms with Gasteiger partial charge >= 0.3 is 0 Å². The van der Waals surface area contributed by atoms with Gasteiger partial charge in [-0.2, -0.15) is 0 Å². The van der Waals surface area contributed by atoms with Crippen LogP contribution in [-0.2, 0) is 26.6 Å². The molecule has 10 heteroatoms. The third kappa shape index (κ3) is 5.09. The average molecular weight is 446 g/mol. The van der Waals surface area contributed by atoms with Crippen molar-refractivity contribution in [1.82, 2.24) is 4.72 Å². The van der Waals surface area contributed by atoms with E-state index in [-0.39, 0.29) is 16.3 Å². The summed E-state index contributed by atoms with van der Waals surface area (Å²) in [5.41, 5.74) is 1.13. The summed E-state index contributed by atoms with van der Waals surface area (Å²) in [6.45, 7) is 0. The third-order valence-corrected chi connectivity index (χ3v) is 7.06. The van der Waals surface area contributed by atoms with E-state index in [1.54, 1.807) is 30.3 Å². The van der Waals surface area contributed by atoms with Gasteiger partial charge in [0.15, 0.2) is 0 Å². The number of benzene rings is 3. The van der Waals surface area contributed by atoms with Gasteiger partial charge in [0, 0.05) is 16.6 Å². The monoisotopic (exact) mass is 445 g/mol. The van der Waals surface area contributed by atoms with Gasteiger partial charge in [-0.15, -0.1) is 0 Å². The summed E-state index contributed by atoms with van der Waals surface area (Å²) in [6.07, 6.45) is 0. The molecule has 0 radical (unpaired) electrons. The van der Waals surface area contributed by atoms with Gasteiger partial charge in [0.25, 0.3) is 5.69 Å². The SMILES string of the molecule is CNS(=O)(=O)c1ccc(Nc2cccc(CS(=O)c3ccccc3)c2)c([N+](=O)[O-])c1. The van der Waals surface area contributed by atoms with Crippen LogP contribution in [0.25, 0.3) is 0 Å². The fourth-order valence-electron chi connectivity index (χ4n) is 2.75. The van der Waals surface area contributed by atoms with Crippen LogP contribution in [0.5, 0.6) is 0 Å². The molecule has 0 spiro atoms. The molecule has 3 aromatic rings. The van der Waals surface area contributed by atoms with Gasteiger partial charge < -0.3 is 5.32 Å². The van der Waals surface area contributed by atoms with E-state index in [1.807, 2.05) is 24.3 Å². The van der Waals surface area contributed by atoms with Crippen LogP contribution in [0.2, 0.25) is 0 Å². The van der Waals surface area contributed by atoms with Crippen molar-refractivity contribution in [2.45, 2.75) is 15.5 Å². The van der Waals surface area contributed by atoms with E-state index < -0.39 is 25.7 Å². The summed E-state index contributed by atoms with van der Waals surface area (Å²) in [5, 5.41) is 14.4. The molecule has 3 aromatic carbocycles. The Morgan fingerprint density at radius 3 is 2.40 bits per heavy atom. The molecule has 0 aliphatic heterocycles. The topological polar surface area (TPSA) is 118 Å². The summed E-state index contributed by atoms with van der Waals surface area (Å²) in [4.78, 5) is 11.3. The second-order valence-corrected chi connectivity index (χ2v) is 9.61. The molecule has 1 atom stereocenters. The van der Waals surface area contributed by atoms with E-state index in [1.165, 1.54) is 19.2 Å². The molecular formula is C20H19N3O5S2. The Kier molecular flexibility index (Phi) is 6.60. The number of rotatable bonds is 8. The van der Waals surface area contributed by atoms with Crippen LogP contribution in [0.4, 0.5) is 17.1 Å². The van der Waals surface area contributed by atoms with Crippen LogP contribution < -0.4 is 10.0 Å². The Balaban J connectivity index is 1.85. The summed E-state index contributed by atoms with van der Waals surface area (Å²) in [7, 11) is -3.80. The minimum Gasteiger partial charge on any atom is -0.350 e. The molecular weight excluding hydrogens is 426 g/mol. The van der Waals surface area contributed by atoms with Crippen molar-refractivity contribution in [3.05, 3.63) is 88.5 Å². The van der Waals surface area contributed by atoms with Crippen LogP contribution >= 0.6 is 0 Å². The number of anilines is 2. The Bertz CT molecular complexity index is 1200. The maximum absolute atomic E-state index is 12.5.